The number of hydrogen-bond donors (Lipinski definition) is 0. The highest BCUT2D eigenvalue weighted by Gasteiger charge is 2.27. The first-order chi connectivity index (χ1) is 9.69. The molecule has 1 fully saturated rings. The number of ether oxygens (including phenoxy) is 2. The van der Waals surface area contributed by atoms with Crippen LogP contribution in [-0.2, 0) is 5.33 Å². The maximum atomic E-state index is 6.32. The maximum absolute atomic E-state index is 6.32. The van der Waals surface area contributed by atoms with Crippen molar-refractivity contribution in [3.05, 3.63) is 22.2 Å². The van der Waals surface area contributed by atoms with E-state index >= 15 is 0 Å². The first-order valence-electron chi connectivity index (χ1n) is 7.28. The first kappa shape index (κ1) is 16.2. The van der Waals surface area contributed by atoms with E-state index in [1.165, 1.54) is 31.2 Å². The van der Waals surface area contributed by atoms with Crippen LogP contribution in [0.4, 0.5) is 0 Å². The van der Waals surface area contributed by atoms with Crippen LogP contribution in [0.3, 0.4) is 0 Å². The van der Waals surface area contributed by atoms with Gasteiger partial charge in [-0.05, 0) is 65.2 Å². The van der Waals surface area contributed by atoms with Gasteiger partial charge in [0, 0.05) is 5.33 Å². The number of halogens is 2. The lowest BCUT2D eigenvalue weighted by Gasteiger charge is -2.32. The second-order valence-corrected chi connectivity index (χ2v) is 6.77. The summed E-state index contributed by atoms with van der Waals surface area (Å²) in [7, 11) is 1.70. The Morgan fingerprint density at radius 1 is 1.25 bits per heavy atom. The van der Waals surface area contributed by atoms with Gasteiger partial charge in [0.05, 0.1) is 11.6 Å². The molecule has 0 aliphatic heterocycles. The Morgan fingerprint density at radius 3 is 2.65 bits per heavy atom. The molecule has 0 heterocycles. The Balaban J connectivity index is 2.23. The highest BCUT2D eigenvalue weighted by molar-refractivity contribution is 9.10. The fourth-order valence-electron chi connectivity index (χ4n) is 2.91. The highest BCUT2D eigenvalue weighted by Crippen LogP contribution is 2.40. The molecule has 0 spiro atoms. The second-order valence-electron chi connectivity index (χ2n) is 5.35. The molecule has 1 aliphatic rings. The summed E-state index contributed by atoms with van der Waals surface area (Å²) in [6.07, 6.45) is 6.52. The summed E-state index contributed by atoms with van der Waals surface area (Å²) in [6.45, 7) is 2.26. The quantitative estimate of drug-likeness (QED) is 0.585. The van der Waals surface area contributed by atoms with E-state index in [4.69, 9.17) is 9.47 Å². The van der Waals surface area contributed by atoms with Gasteiger partial charge in [-0.1, -0.05) is 29.3 Å². The van der Waals surface area contributed by atoms with Crippen LogP contribution in [0, 0.1) is 5.92 Å². The van der Waals surface area contributed by atoms with Crippen LogP contribution in [0.1, 0.15) is 44.6 Å². The largest absolute Gasteiger partial charge is 0.493 e. The zero-order valence-corrected chi connectivity index (χ0v) is 15.3. The van der Waals surface area contributed by atoms with Crippen molar-refractivity contribution in [2.45, 2.75) is 50.5 Å². The molecule has 0 bridgehead atoms. The van der Waals surface area contributed by atoms with Gasteiger partial charge in [-0.3, -0.25) is 0 Å². The Morgan fingerprint density at radius 2 is 2.00 bits per heavy atom. The third kappa shape index (κ3) is 3.70. The molecule has 1 aromatic carbocycles. The van der Waals surface area contributed by atoms with Gasteiger partial charge in [-0.2, -0.15) is 0 Å². The lowest BCUT2D eigenvalue weighted by molar-refractivity contribution is 0.0865. The van der Waals surface area contributed by atoms with Crippen molar-refractivity contribution in [3.8, 4) is 11.5 Å². The van der Waals surface area contributed by atoms with E-state index in [1.807, 2.05) is 6.07 Å². The molecule has 0 saturated heterocycles. The van der Waals surface area contributed by atoms with Crippen LogP contribution >= 0.6 is 31.9 Å². The molecule has 20 heavy (non-hydrogen) atoms. The van der Waals surface area contributed by atoms with Crippen molar-refractivity contribution in [2.75, 3.05) is 7.11 Å². The fraction of sp³-hybridized carbons (Fsp3) is 0.625. The van der Waals surface area contributed by atoms with Gasteiger partial charge in [0.1, 0.15) is 6.10 Å². The highest BCUT2D eigenvalue weighted by atomic mass is 79.9. The maximum Gasteiger partial charge on any atom is 0.175 e. The third-order valence-corrected chi connectivity index (χ3v) is 5.31. The van der Waals surface area contributed by atoms with Crippen LogP contribution in [-0.4, -0.2) is 13.2 Å². The minimum absolute atomic E-state index is 0.314. The molecule has 1 saturated carbocycles. The molecule has 2 unspecified atom stereocenters. The summed E-state index contributed by atoms with van der Waals surface area (Å²) in [5.74, 6) is 2.33. The van der Waals surface area contributed by atoms with Crippen molar-refractivity contribution in [1.29, 1.82) is 0 Å². The molecule has 112 valence electrons. The van der Waals surface area contributed by atoms with Gasteiger partial charge in [0.2, 0.25) is 0 Å². The summed E-state index contributed by atoms with van der Waals surface area (Å²) in [5.41, 5.74) is 1.18. The van der Waals surface area contributed by atoms with Gasteiger partial charge in [0.25, 0.3) is 0 Å². The van der Waals surface area contributed by atoms with E-state index in [-0.39, 0.29) is 0 Å². The molecule has 1 aromatic rings. The monoisotopic (exact) mass is 404 g/mol. The van der Waals surface area contributed by atoms with Crippen LogP contribution in [0.2, 0.25) is 0 Å². The van der Waals surface area contributed by atoms with Gasteiger partial charge in [0.15, 0.2) is 11.5 Å². The lowest BCUT2D eigenvalue weighted by atomic mass is 9.85. The predicted octanol–water partition coefficient (Wildman–Crippen LogP) is 5.70. The molecule has 2 nitrogen and oxygen atoms in total. The Labute approximate surface area is 138 Å². The topological polar surface area (TPSA) is 18.5 Å². The molecule has 0 N–H and O–H groups in total. The molecule has 1 aliphatic carbocycles. The summed E-state index contributed by atoms with van der Waals surface area (Å²) in [6, 6.07) is 4.13. The third-order valence-electron chi connectivity index (χ3n) is 4.08. The lowest BCUT2D eigenvalue weighted by Crippen LogP contribution is -2.30. The minimum Gasteiger partial charge on any atom is -0.493 e. The molecule has 0 radical (unpaired) electrons. The molecule has 2 atom stereocenters. The van der Waals surface area contributed by atoms with E-state index in [2.05, 4.69) is 44.8 Å². The van der Waals surface area contributed by atoms with E-state index in [1.54, 1.807) is 7.11 Å². The van der Waals surface area contributed by atoms with Crippen molar-refractivity contribution in [3.63, 3.8) is 0 Å². The van der Waals surface area contributed by atoms with Gasteiger partial charge in [-0.15, -0.1) is 0 Å². The summed E-state index contributed by atoms with van der Waals surface area (Å²) < 4.78 is 12.8. The molecular weight excluding hydrogens is 384 g/mol. The average molecular weight is 406 g/mol. The second kappa shape index (κ2) is 7.69. The average Bonchev–Trinajstić information content (AvgIpc) is 2.49. The van der Waals surface area contributed by atoms with E-state index in [9.17, 15) is 0 Å². The first-order valence-corrected chi connectivity index (χ1v) is 9.20. The standard InChI is InChI=1S/C16H22Br2O2/c1-3-12-6-4-5-7-14(12)20-16-13(18)8-11(10-17)9-15(16)19-2/h8-9,12,14H,3-7,10H2,1-2H3. The number of benzene rings is 1. The van der Waals surface area contributed by atoms with Gasteiger partial charge in [-0.25, -0.2) is 0 Å². The van der Waals surface area contributed by atoms with Crippen LogP contribution in [0.15, 0.2) is 16.6 Å². The molecule has 4 heteroatoms. The van der Waals surface area contributed by atoms with Crippen molar-refractivity contribution in [2.24, 2.45) is 5.92 Å². The normalized spacial score (nSPS) is 22.6. The summed E-state index contributed by atoms with van der Waals surface area (Å²) in [5, 5.41) is 0.809. The molecule has 0 amide bonds. The molecule has 2 rings (SSSR count). The minimum atomic E-state index is 0.314. The number of hydrogen-bond acceptors (Lipinski definition) is 2. The Kier molecular flexibility index (Phi) is 6.21. The van der Waals surface area contributed by atoms with Crippen LogP contribution in [0.25, 0.3) is 0 Å². The van der Waals surface area contributed by atoms with Crippen molar-refractivity contribution >= 4 is 31.9 Å². The number of methoxy groups -OCH3 is 1. The van der Waals surface area contributed by atoms with Crippen LogP contribution in [0.5, 0.6) is 11.5 Å². The smallest absolute Gasteiger partial charge is 0.175 e. The number of alkyl halides is 1. The van der Waals surface area contributed by atoms with Gasteiger partial charge >= 0.3 is 0 Å². The van der Waals surface area contributed by atoms with Gasteiger partial charge < -0.3 is 9.47 Å². The molecular formula is C16H22Br2O2. The molecule has 0 aromatic heterocycles. The van der Waals surface area contributed by atoms with E-state index < -0.39 is 0 Å². The Bertz CT molecular complexity index is 448. The van der Waals surface area contributed by atoms with Crippen LogP contribution < -0.4 is 9.47 Å². The fourth-order valence-corrected chi connectivity index (χ4v) is 3.82. The van der Waals surface area contributed by atoms with Crippen molar-refractivity contribution < 1.29 is 9.47 Å². The Hall–Kier alpha value is -0.220. The SMILES string of the molecule is CCC1CCCCC1Oc1c(Br)cc(CBr)cc1OC. The summed E-state index contributed by atoms with van der Waals surface area (Å²) >= 11 is 7.10. The zero-order valence-electron chi connectivity index (χ0n) is 12.1. The van der Waals surface area contributed by atoms with Crippen molar-refractivity contribution in [1.82, 2.24) is 0 Å². The summed E-state index contributed by atoms with van der Waals surface area (Å²) in [4.78, 5) is 0. The number of rotatable bonds is 5. The zero-order chi connectivity index (χ0) is 14.5. The van der Waals surface area contributed by atoms with E-state index in [0.29, 0.717) is 12.0 Å². The predicted molar refractivity (Wildman–Crippen MR) is 90.0 cm³/mol. The van der Waals surface area contributed by atoms with E-state index in [0.717, 1.165) is 27.7 Å².